The van der Waals surface area contributed by atoms with Gasteiger partial charge in [0.2, 0.25) is 0 Å². The molecule has 1 N–H and O–H groups in total. The van der Waals surface area contributed by atoms with Gasteiger partial charge in [0, 0.05) is 24.2 Å². The van der Waals surface area contributed by atoms with E-state index in [4.69, 9.17) is 4.42 Å². The van der Waals surface area contributed by atoms with E-state index in [1.807, 2.05) is 13.0 Å². The molecule has 1 rings (SSSR count). The summed E-state index contributed by atoms with van der Waals surface area (Å²) in [5.41, 5.74) is 1.38. The molecule has 0 saturated heterocycles. The van der Waals surface area contributed by atoms with Crippen LogP contribution in [0.3, 0.4) is 0 Å². The normalized spacial score (nSPS) is 12.1. The Labute approximate surface area is 117 Å². The molecule has 0 atom stereocenters. The van der Waals surface area contributed by atoms with Crippen molar-refractivity contribution in [2.45, 2.75) is 53.2 Å². The maximum atomic E-state index is 5.84. The molecule has 0 aliphatic rings. The molecule has 0 radical (unpaired) electrons. The van der Waals surface area contributed by atoms with Gasteiger partial charge in [-0.2, -0.15) is 0 Å². The first kappa shape index (κ1) is 16.0. The zero-order valence-corrected chi connectivity index (χ0v) is 13.0. The summed E-state index contributed by atoms with van der Waals surface area (Å²) in [6, 6.07) is 2.17. The Balaban J connectivity index is 2.65. The highest BCUT2D eigenvalue weighted by molar-refractivity contribution is 5.21. The monoisotopic (exact) mass is 264 g/mol. The first-order valence-electron chi connectivity index (χ1n) is 7.02. The maximum Gasteiger partial charge on any atom is 0.118 e. The summed E-state index contributed by atoms with van der Waals surface area (Å²) in [5.74, 6) is 2.05. The number of hydrogen-bond donors (Lipinski definition) is 1. The van der Waals surface area contributed by atoms with Gasteiger partial charge in [-0.05, 0) is 40.3 Å². The van der Waals surface area contributed by atoms with Crippen LogP contribution < -0.4 is 5.32 Å². The van der Waals surface area contributed by atoms with Crippen LogP contribution in [0.4, 0.5) is 0 Å². The van der Waals surface area contributed by atoms with Gasteiger partial charge in [-0.1, -0.05) is 13.0 Å². The molecule has 0 aliphatic heterocycles. The Hall–Kier alpha value is -1.06. The van der Waals surface area contributed by atoms with E-state index in [1.54, 1.807) is 0 Å². The average Bonchev–Trinajstić information content (AvgIpc) is 2.65. The van der Waals surface area contributed by atoms with Gasteiger partial charge in [0.1, 0.15) is 11.5 Å². The molecule has 1 heterocycles. The minimum absolute atomic E-state index is 0.127. The van der Waals surface area contributed by atoms with E-state index < -0.39 is 0 Å². The van der Waals surface area contributed by atoms with Crippen molar-refractivity contribution < 1.29 is 4.42 Å². The fourth-order valence-electron chi connectivity index (χ4n) is 1.91. The number of hydrogen-bond acceptors (Lipinski definition) is 3. The molecule has 0 saturated carbocycles. The topological polar surface area (TPSA) is 28.4 Å². The molecule has 108 valence electrons. The molecule has 0 unspecified atom stereocenters. The number of nitrogens with zero attached hydrogens (tertiary/aromatic N) is 1. The van der Waals surface area contributed by atoms with E-state index in [2.05, 4.69) is 50.6 Å². The maximum absolute atomic E-state index is 5.84. The van der Waals surface area contributed by atoms with Crippen molar-refractivity contribution in [1.82, 2.24) is 10.2 Å². The third-order valence-corrected chi connectivity index (χ3v) is 3.09. The van der Waals surface area contributed by atoms with Crippen molar-refractivity contribution in [3.05, 3.63) is 35.8 Å². The van der Waals surface area contributed by atoms with Crippen LogP contribution in [-0.4, -0.2) is 23.5 Å². The second kappa shape index (κ2) is 6.92. The van der Waals surface area contributed by atoms with Crippen molar-refractivity contribution in [3.63, 3.8) is 0 Å². The van der Waals surface area contributed by atoms with Gasteiger partial charge in [-0.3, -0.25) is 4.90 Å². The summed E-state index contributed by atoms with van der Waals surface area (Å²) >= 11 is 0. The second-order valence-electron chi connectivity index (χ2n) is 6.01. The van der Waals surface area contributed by atoms with Crippen LogP contribution in [0.2, 0.25) is 0 Å². The van der Waals surface area contributed by atoms with Gasteiger partial charge in [-0.15, -0.1) is 6.58 Å². The number of rotatable bonds is 7. The highest BCUT2D eigenvalue weighted by atomic mass is 16.3. The lowest BCUT2D eigenvalue weighted by Crippen LogP contribution is -2.35. The minimum Gasteiger partial charge on any atom is -0.465 e. The largest absolute Gasteiger partial charge is 0.465 e. The fraction of sp³-hybridized carbons (Fsp3) is 0.625. The first-order chi connectivity index (χ1) is 8.85. The zero-order chi connectivity index (χ0) is 14.5. The molecule has 0 amide bonds. The van der Waals surface area contributed by atoms with E-state index in [9.17, 15) is 0 Å². The number of likely N-dealkylation sites (N-methyl/N-ethyl adjacent to an activating group) is 1. The van der Waals surface area contributed by atoms with Crippen LogP contribution in [0.1, 0.15) is 44.8 Å². The standard InChI is InChI=1S/C16H28N2O/c1-7-9-18(8-2)12-15-10-14(13(3)19-15)11-17-16(4,5)6/h7,10,17H,1,8-9,11-12H2,2-6H3. The molecular weight excluding hydrogens is 236 g/mol. The number of furan rings is 1. The SMILES string of the molecule is C=CCN(CC)Cc1cc(CNC(C)(C)C)c(C)o1. The molecule has 19 heavy (non-hydrogen) atoms. The molecule has 1 aromatic heterocycles. The van der Waals surface area contributed by atoms with Gasteiger partial charge in [0.15, 0.2) is 0 Å². The second-order valence-corrected chi connectivity index (χ2v) is 6.01. The third-order valence-electron chi connectivity index (χ3n) is 3.09. The van der Waals surface area contributed by atoms with Gasteiger partial charge in [0.25, 0.3) is 0 Å². The summed E-state index contributed by atoms with van der Waals surface area (Å²) in [6.45, 7) is 18.1. The Morgan fingerprint density at radius 1 is 1.42 bits per heavy atom. The van der Waals surface area contributed by atoms with Gasteiger partial charge < -0.3 is 9.73 Å². The van der Waals surface area contributed by atoms with Crippen molar-refractivity contribution in [2.24, 2.45) is 0 Å². The van der Waals surface area contributed by atoms with Crippen LogP contribution in [0.25, 0.3) is 0 Å². The quantitative estimate of drug-likeness (QED) is 0.764. The molecule has 0 aliphatic carbocycles. The number of nitrogens with one attached hydrogen (secondary N) is 1. The number of aryl methyl sites for hydroxylation is 1. The van der Waals surface area contributed by atoms with Crippen LogP contribution in [0.15, 0.2) is 23.1 Å². The van der Waals surface area contributed by atoms with Crippen molar-refractivity contribution in [2.75, 3.05) is 13.1 Å². The molecule has 0 bridgehead atoms. The van der Waals surface area contributed by atoms with Gasteiger partial charge in [0.05, 0.1) is 6.54 Å². The van der Waals surface area contributed by atoms with E-state index in [0.717, 1.165) is 37.7 Å². The summed E-state index contributed by atoms with van der Waals surface area (Å²) in [7, 11) is 0. The minimum atomic E-state index is 0.127. The lowest BCUT2D eigenvalue weighted by molar-refractivity contribution is 0.279. The summed E-state index contributed by atoms with van der Waals surface area (Å²) < 4.78 is 5.84. The van der Waals surface area contributed by atoms with Crippen LogP contribution >= 0.6 is 0 Å². The third kappa shape index (κ3) is 5.62. The average molecular weight is 264 g/mol. The molecule has 1 aromatic rings. The van der Waals surface area contributed by atoms with Gasteiger partial charge >= 0.3 is 0 Å². The van der Waals surface area contributed by atoms with Crippen LogP contribution in [0.5, 0.6) is 0 Å². The van der Waals surface area contributed by atoms with E-state index >= 15 is 0 Å². The summed E-state index contributed by atoms with van der Waals surface area (Å²) in [5, 5.41) is 3.50. The van der Waals surface area contributed by atoms with Gasteiger partial charge in [-0.25, -0.2) is 0 Å². The smallest absolute Gasteiger partial charge is 0.118 e. The fourth-order valence-corrected chi connectivity index (χ4v) is 1.91. The Bertz CT molecular complexity index is 401. The Morgan fingerprint density at radius 2 is 2.11 bits per heavy atom. The zero-order valence-electron chi connectivity index (χ0n) is 13.0. The van der Waals surface area contributed by atoms with E-state index in [-0.39, 0.29) is 5.54 Å². The van der Waals surface area contributed by atoms with Crippen LogP contribution in [-0.2, 0) is 13.1 Å². The highest BCUT2D eigenvalue weighted by Gasteiger charge is 2.13. The predicted molar refractivity (Wildman–Crippen MR) is 81.2 cm³/mol. The van der Waals surface area contributed by atoms with Crippen molar-refractivity contribution in [1.29, 1.82) is 0 Å². The lowest BCUT2D eigenvalue weighted by Gasteiger charge is -2.20. The van der Waals surface area contributed by atoms with Crippen molar-refractivity contribution in [3.8, 4) is 0 Å². The first-order valence-corrected chi connectivity index (χ1v) is 7.02. The predicted octanol–water partition coefficient (Wildman–Crippen LogP) is 3.48. The lowest BCUT2D eigenvalue weighted by atomic mass is 10.1. The molecule has 0 aromatic carbocycles. The molecular formula is C16H28N2O. The summed E-state index contributed by atoms with van der Waals surface area (Å²) in [6.07, 6.45) is 1.93. The Morgan fingerprint density at radius 3 is 2.63 bits per heavy atom. The summed E-state index contributed by atoms with van der Waals surface area (Å²) in [4.78, 5) is 2.30. The van der Waals surface area contributed by atoms with E-state index in [1.165, 1.54) is 5.56 Å². The highest BCUT2D eigenvalue weighted by Crippen LogP contribution is 2.17. The van der Waals surface area contributed by atoms with Crippen molar-refractivity contribution >= 4 is 0 Å². The van der Waals surface area contributed by atoms with Crippen LogP contribution in [0, 0.1) is 6.92 Å². The van der Waals surface area contributed by atoms with E-state index in [0.29, 0.717) is 0 Å². The molecule has 3 heteroatoms. The Kier molecular flexibility index (Phi) is 5.83. The molecule has 3 nitrogen and oxygen atoms in total. The molecule has 0 spiro atoms. The molecule has 0 fully saturated rings.